The van der Waals surface area contributed by atoms with Crippen LogP contribution in [0.4, 0.5) is 0 Å². The lowest BCUT2D eigenvalue weighted by Gasteiger charge is -2.17. The highest BCUT2D eigenvalue weighted by atomic mass is 35.5. The number of hydrogen-bond acceptors (Lipinski definition) is 5. The number of aromatic nitrogens is 2. The van der Waals surface area contributed by atoms with Gasteiger partial charge in [0.05, 0.1) is 18.4 Å². The van der Waals surface area contributed by atoms with Gasteiger partial charge in [-0.2, -0.15) is 4.72 Å². The van der Waals surface area contributed by atoms with Crippen LogP contribution in [0.1, 0.15) is 6.92 Å². The predicted molar refractivity (Wildman–Crippen MR) is 65.5 cm³/mol. The van der Waals surface area contributed by atoms with Crippen LogP contribution in [0.3, 0.4) is 0 Å². The fourth-order valence-corrected chi connectivity index (χ4v) is 2.36. The van der Waals surface area contributed by atoms with Crippen LogP contribution in [-0.4, -0.2) is 49.3 Å². The lowest BCUT2D eigenvalue weighted by Crippen LogP contribution is -2.44. The van der Waals surface area contributed by atoms with Crippen molar-refractivity contribution in [2.45, 2.75) is 17.9 Å². The Balaban J connectivity index is 2.89. The van der Waals surface area contributed by atoms with Crippen molar-refractivity contribution >= 4 is 27.5 Å². The molecule has 0 aliphatic heterocycles. The molecule has 0 saturated heterocycles. The molecule has 0 aromatic carbocycles. The maximum atomic E-state index is 11.9. The average Bonchev–Trinajstić information content (AvgIpc) is 2.27. The zero-order valence-electron chi connectivity index (χ0n) is 10.1. The largest absolute Gasteiger partial charge is 0.347 e. The van der Waals surface area contributed by atoms with Crippen molar-refractivity contribution < 1.29 is 13.2 Å². The van der Waals surface area contributed by atoms with Crippen LogP contribution in [0.5, 0.6) is 0 Å². The maximum absolute atomic E-state index is 11.9. The van der Waals surface area contributed by atoms with Gasteiger partial charge in [0, 0.05) is 14.1 Å². The molecule has 0 saturated carbocycles. The third kappa shape index (κ3) is 3.62. The van der Waals surface area contributed by atoms with Gasteiger partial charge < -0.3 is 4.90 Å². The number of carbonyl (C=O) groups excluding carboxylic acids is 1. The number of hydrogen-bond donors (Lipinski definition) is 1. The predicted octanol–water partition coefficient (Wildman–Crippen LogP) is -0.115. The molecule has 18 heavy (non-hydrogen) atoms. The molecule has 100 valence electrons. The van der Waals surface area contributed by atoms with E-state index in [2.05, 4.69) is 14.7 Å². The molecule has 1 rings (SSSR count). The molecule has 1 N–H and O–H groups in total. The molecular formula is C9H13ClN4O3S. The Bertz CT molecular complexity index is 529. The number of amides is 1. The van der Waals surface area contributed by atoms with Gasteiger partial charge in [-0.05, 0) is 18.5 Å². The highest BCUT2D eigenvalue weighted by molar-refractivity contribution is 7.89. The van der Waals surface area contributed by atoms with Crippen LogP contribution in [0, 0.1) is 0 Å². The van der Waals surface area contributed by atoms with Gasteiger partial charge in [0.25, 0.3) is 0 Å². The molecule has 0 radical (unpaired) electrons. The summed E-state index contributed by atoms with van der Waals surface area (Å²) in [6.45, 7) is 1.46. The number of sulfonamides is 1. The lowest BCUT2D eigenvalue weighted by molar-refractivity contribution is -0.130. The smallest absolute Gasteiger partial charge is 0.244 e. The van der Waals surface area contributed by atoms with E-state index >= 15 is 0 Å². The SMILES string of the molecule is CC(NS(=O)(=O)c1cnc(Cl)nc1)C(=O)N(C)C. The minimum atomic E-state index is -3.84. The second-order valence-corrected chi connectivity index (χ2v) is 5.82. The van der Waals surface area contributed by atoms with Crippen molar-refractivity contribution in [2.75, 3.05) is 14.1 Å². The summed E-state index contributed by atoms with van der Waals surface area (Å²) in [5, 5.41) is -0.0497. The van der Waals surface area contributed by atoms with Crippen LogP contribution in [0.25, 0.3) is 0 Å². The second kappa shape index (κ2) is 5.59. The zero-order valence-corrected chi connectivity index (χ0v) is 11.7. The van der Waals surface area contributed by atoms with Crippen molar-refractivity contribution in [3.8, 4) is 0 Å². The van der Waals surface area contributed by atoms with Gasteiger partial charge in [0.15, 0.2) is 0 Å². The summed E-state index contributed by atoms with van der Waals surface area (Å²) in [7, 11) is -0.756. The Morgan fingerprint density at radius 3 is 2.33 bits per heavy atom. The Hall–Kier alpha value is -1.25. The molecule has 0 spiro atoms. The van der Waals surface area contributed by atoms with E-state index in [1.54, 1.807) is 14.1 Å². The number of carbonyl (C=O) groups is 1. The standard InChI is InChI=1S/C9H13ClN4O3S/c1-6(8(15)14(2)3)13-18(16,17)7-4-11-9(10)12-5-7/h4-6,13H,1-3H3. The topological polar surface area (TPSA) is 92.3 Å². The minimum Gasteiger partial charge on any atom is -0.347 e. The van der Waals surface area contributed by atoms with Gasteiger partial charge in [0.2, 0.25) is 21.2 Å². The molecule has 1 unspecified atom stereocenters. The third-order valence-corrected chi connectivity index (χ3v) is 3.74. The molecule has 0 fully saturated rings. The Morgan fingerprint density at radius 1 is 1.39 bits per heavy atom. The molecule has 1 aromatic heterocycles. The van der Waals surface area contributed by atoms with E-state index in [9.17, 15) is 13.2 Å². The summed E-state index contributed by atoms with van der Waals surface area (Å²) >= 11 is 5.46. The number of rotatable bonds is 4. The normalized spacial score (nSPS) is 13.1. The monoisotopic (exact) mass is 292 g/mol. The highest BCUT2D eigenvalue weighted by Gasteiger charge is 2.23. The van der Waals surface area contributed by atoms with E-state index in [1.807, 2.05) is 0 Å². The molecule has 0 bridgehead atoms. The van der Waals surface area contributed by atoms with Gasteiger partial charge in [-0.15, -0.1) is 0 Å². The number of halogens is 1. The molecule has 1 amide bonds. The van der Waals surface area contributed by atoms with Gasteiger partial charge in [0.1, 0.15) is 4.90 Å². The summed E-state index contributed by atoms with van der Waals surface area (Å²) in [5.74, 6) is -0.353. The molecule has 0 aliphatic rings. The first-order valence-electron chi connectivity index (χ1n) is 4.95. The second-order valence-electron chi connectivity index (χ2n) is 3.76. The van der Waals surface area contributed by atoms with E-state index in [0.717, 1.165) is 12.4 Å². The van der Waals surface area contributed by atoms with Crippen molar-refractivity contribution in [3.05, 3.63) is 17.7 Å². The van der Waals surface area contributed by atoms with E-state index in [0.29, 0.717) is 0 Å². The van der Waals surface area contributed by atoms with Gasteiger partial charge in [-0.25, -0.2) is 18.4 Å². The van der Waals surface area contributed by atoms with E-state index in [4.69, 9.17) is 11.6 Å². The Kier molecular flexibility index (Phi) is 4.60. The van der Waals surface area contributed by atoms with E-state index in [-0.39, 0.29) is 16.1 Å². The summed E-state index contributed by atoms with van der Waals surface area (Å²) in [6.07, 6.45) is 2.15. The molecular weight excluding hydrogens is 280 g/mol. The van der Waals surface area contributed by atoms with Crippen molar-refractivity contribution in [2.24, 2.45) is 0 Å². The maximum Gasteiger partial charge on any atom is 0.244 e. The summed E-state index contributed by atoms with van der Waals surface area (Å²) < 4.78 is 26.0. The number of nitrogens with zero attached hydrogens (tertiary/aromatic N) is 3. The van der Waals surface area contributed by atoms with Crippen molar-refractivity contribution in [1.82, 2.24) is 19.6 Å². The van der Waals surface area contributed by atoms with E-state index in [1.165, 1.54) is 11.8 Å². The molecule has 1 aromatic rings. The Morgan fingerprint density at radius 2 is 1.89 bits per heavy atom. The Labute approximate surface area is 110 Å². The van der Waals surface area contributed by atoms with Gasteiger partial charge in [-0.1, -0.05) is 0 Å². The van der Waals surface area contributed by atoms with Gasteiger partial charge in [-0.3, -0.25) is 4.79 Å². The van der Waals surface area contributed by atoms with Crippen LogP contribution in [-0.2, 0) is 14.8 Å². The summed E-state index contributed by atoms with van der Waals surface area (Å²) in [4.78, 5) is 19.8. The fourth-order valence-electron chi connectivity index (χ4n) is 1.18. The number of likely N-dealkylation sites (N-methyl/N-ethyl adjacent to an activating group) is 1. The first-order valence-corrected chi connectivity index (χ1v) is 6.81. The molecule has 1 atom stereocenters. The summed E-state index contributed by atoms with van der Waals surface area (Å²) in [6, 6.07) is -0.874. The van der Waals surface area contributed by atoms with Crippen molar-refractivity contribution in [1.29, 1.82) is 0 Å². The van der Waals surface area contributed by atoms with E-state index < -0.39 is 16.1 Å². The first kappa shape index (κ1) is 14.8. The van der Waals surface area contributed by atoms with Crippen LogP contribution in [0.2, 0.25) is 5.28 Å². The molecule has 1 heterocycles. The van der Waals surface area contributed by atoms with Crippen LogP contribution < -0.4 is 4.72 Å². The highest BCUT2D eigenvalue weighted by Crippen LogP contribution is 2.08. The molecule has 0 aliphatic carbocycles. The van der Waals surface area contributed by atoms with Crippen molar-refractivity contribution in [3.63, 3.8) is 0 Å². The lowest BCUT2D eigenvalue weighted by atomic mass is 10.3. The molecule has 9 heteroatoms. The minimum absolute atomic E-state index is 0.0497. The zero-order chi connectivity index (χ0) is 13.9. The molecule has 7 nitrogen and oxygen atoms in total. The fraction of sp³-hybridized carbons (Fsp3) is 0.444. The van der Waals surface area contributed by atoms with Gasteiger partial charge >= 0.3 is 0 Å². The van der Waals surface area contributed by atoms with Crippen LogP contribution >= 0.6 is 11.6 Å². The quantitative estimate of drug-likeness (QED) is 0.782. The first-order chi connectivity index (χ1) is 8.24. The number of nitrogens with one attached hydrogen (secondary N) is 1. The average molecular weight is 293 g/mol. The van der Waals surface area contributed by atoms with Crippen LogP contribution in [0.15, 0.2) is 17.3 Å². The summed E-state index contributed by atoms with van der Waals surface area (Å²) in [5.41, 5.74) is 0. The third-order valence-electron chi connectivity index (χ3n) is 2.05.